The third kappa shape index (κ3) is 3.20. The average molecular weight is 282 g/mol. The Bertz CT molecular complexity index is 403. The molecule has 1 saturated heterocycles. The van der Waals surface area contributed by atoms with Crippen LogP contribution in [-0.2, 0) is 6.18 Å². The zero-order chi connectivity index (χ0) is 12.5. The smallest absolute Gasteiger partial charge is 0.398 e. The Morgan fingerprint density at radius 3 is 2.33 bits per heavy atom. The average Bonchev–Trinajstić information content (AvgIpc) is 2.29. The molecule has 102 valence electrons. The van der Waals surface area contributed by atoms with Crippen LogP contribution in [-0.4, -0.2) is 26.2 Å². The lowest BCUT2D eigenvalue weighted by Gasteiger charge is -2.30. The number of nitrogens with zero attached hydrogens (tertiary/aromatic N) is 1. The van der Waals surface area contributed by atoms with Crippen LogP contribution in [0.15, 0.2) is 18.2 Å². The van der Waals surface area contributed by atoms with Crippen molar-refractivity contribution in [2.75, 3.05) is 36.8 Å². The highest BCUT2D eigenvalue weighted by molar-refractivity contribution is 5.85. The minimum Gasteiger partial charge on any atom is -0.398 e. The van der Waals surface area contributed by atoms with Crippen molar-refractivity contribution in [2.24, 2.45) is 0 Å². The maximum absolute atomic E-state index is 12.7. The summed E-state index contributed by atoms with van der Waals surface area (Å²) in [7, 11) is 0. The third-order valence-electron chi connectivity index (χ3n) is 2.82. The Hall–Kier alpha value is -1.14. The van der Waals surface area contributed by atoms with Crippen LogP contribution in [0.1, 0.15) is 5.56 Å². The first-order valence-electron chi connectivity index (χ1n) is 5.41. The Morgan fingerprint density at radius 2 is 1.78 bits per heavy atom. The van der Waals surface area contributed by atoms with Crippen molar-refractivity contribution in [3.8, 4) is 0 Å². The van der Waals surface area contributed by atoms with Crippen molar-refractivity contribution in [3.63, 3.8) is 0 Å². The highest BCUT2D eigenvalue weighted by atomic mass is 35.5. The van der Waals surface area contributed by atoms with Crippen molar-refractivity contribution >= 4 is 23.8 Å². The molecule has 0 amide bonds. The molecule has 0 spiro atoms. The van der Waals surface area contributed by atoms with Gasteiger partial charge in [-0.25, -0.2) is 0 Å². The van der Waals surface area contributed by atoms with E-state index in [0.717, 1.165) is 19.2 Å². The molecule has 2 rings (SSSR count). The summed E-state index contributed by atoms with van der Waals surface area (Å²) in [4.78, 5) is 1.92. The second-order valence-electron chi connectivity index (χ2n) is 4.01. The third-order valence-corrected chi connectivity index (χ3v) is 2.82. The molecule has 1 aliphatic rings. The van der Waals surface area contributed by atoms with E-state index in [9.17, 15) is 13.2 Å². The molecule has 7 heteroatoms. The zero-order valence-electron chi connectivity index (χ0n) is 9.63. The molecule has 18 heavy (non-hydrogen) atoms. The maximum Gasteiger partial charge on any atom is 0.418 e. The maximum atomic E-state index is 12.7. The summed E-state index contributed by atoms with van der Waals surface area (Å²) in [5, 5.41) is 3.15. The molecule has 0 bridgehead atoms. The van der Waals surface area contributed by atoms with Crippen molar-refractivity contribution in [1.29, 1.82) is 0 Å². The number of hydrogen-bond acceptors (Lipinski definition) is 3. The van der Waals surface area contributed by atoms with E-state index >= 15 is 0 Å². The number of nitrogens with one attached hydrogen (secondary N) is 1. The predicted octanol–water partition coefficient (Wildman–Crippen LogP) is 2.12. The summed E-state index contributed by atoms with van der Waals surface area (Å²) in [5.74, 6) is 0. The van der Waals surface area contributed by atoms with Crippen LogP contribution in [0.4, 0.5) is 24.5 Å². The van der Waals surface area contributed by atoms with E-state index in [1.165, 1.54) is 6.07 Å². The van der Waals surface area contributed by atoms with E-state index < -0.39 is 11.7 Å². The first-order valence-corrected chi connectivity index (χ1v) is 5.41. The molecule has 1 fully saturated rings. The first kappa shape index (κ1) is 14.9. The van der Waals surface area contributed by atoms with E-state index in [2.05, 4.69) is 5.32 Å². The fourth-order valence-electron chi connectivity index (χ4n) is 1.91. The SMILES string of the molecule is Cl.Nc1ccc(N2CCNCC2)cc1C(F)(F)F. The lowest BCUT2D eigenvalue weighted by molar-refractivity contribution is -0.136. The van der Waals surface area contributed by atoms with E-state index in [-0.39, 0.29) is 18.1 Å². The summed E-state index contributed by atoms with van der Waals surface area (Å²) in [6.45, 7) is 2.99. The summed E-state index contributed by atoms with van der Waals surface area (Å²) >= 11 is 0. The van der Waals surface area contributed by atoms with Gasteiger partial charge in [0.1, 0.15) is 0 Å². The zero-order valence-corrected chi connectivity index (χ0v) is 10.4. The summed E-state index contributed by atoms with van der Waals surface area (Å²) < 4.78 is 38.1. The number of benzene rings is 1. The molecular formula is C11H15ClF3N3. The fourth-order valence-corrected chi connectivity index (χ4v) is 1.91. The second-order valence-corrected chi connectivity index (χ2v) is 4.01. The molecule has 0 saturated carbocycles. The molecular weight excluding hydrogens is 267 g/mol. The van der Waals surface area contributed by atoms with Crippen LogP contribution < -0.4 is 16.0 Å². The van der Waals surface area contributed by atoms with Crippen LogP contribution in [0.3, 0.4) is 0 Å². The Labute approximate surface area is 110 Å². The van der Waals surface area contributed by atoms with Gasteiger partial charge in [0.05, 0.1) is 5.56 Å². The number of alkyl halides is 3. The van der Waals surface area contributed by atoms with Gasteiger partial charge >= 0.3 is 6.18 Å². The van der Waals surface area contributed by atoms with E-state index in [1.54, 1.807) is 6.07 Å². The Morgan fingerprint density at radius 1 is 1.17 bits per heavy atom. The van der Waals surface area contributed by atoms with Gasteiger partial charge in [-0.3, -0.25) is 0 Å². The lowest BCUT2D eigenvalue weighted by atomic mass is 10.1. The van der Waals surface area contributed by atoms with Gasteiger partial charge in [-0.05, 0) is 18.2 Å². The van der Waals surface area contributed by atoms with Crippen molar-refractivity contribution < 1.29 is 13.2 Å². The van der Waals surface area contributed by atoms with Gasteiger partial charge in [0, 0.05) is 37.6 Å². The van der Waals surface area contributed by atoms with Crippen LogP contribution in [0.2, 0.25) is 0 Å². The number of anilines is 2. The highest BCUT2D eigenvalue weighted by Crippen LogP contribution is 2.35. The second kappa shape index (κ2) is 5.67. The van der Waals surface area contributed by atoms with Gasteiger partial charge in [0.25, 0.3) is 0 Å². The molecule has 1 heterocycles. The van der Waals surface area contributed by atoms with Crippen LogP contribution in [0, 0.1) is 0 Å². The number of halogens is 4. The Kier molecular flexibility index (Phi) is 4.70. The number of nitrogen functional groups attached to an aromatic ring is 1. The van der Waals surface area contributed by atoms with Crippen LogP contribution in [0.5, 0.6) is 0 Å². The lowest BCUT2D eigenvalue weighted by Crippen LogP contribution is -2.43. The van der Waals surface area contributed by atoms with Crippen molar-refractivity contribution in [1.82, 2.24) is 5.32 Å². The standard InChI is InChI=1S/C11H14F3N3.ClH/c12-11(13,14)9-7-8(1-2-10(9)15)17-5-3-16-4-6-17;/h1-2,7,16H,3-6,15H2;1H. The molecule has 1 aromatic rings. The molecule has 0 aromatic heterocycles. The molecule has 1 aromatic carbocycles. The van der Waals surface area contributed by atoms with Crippen LogP contribution >= 0.6 is 12.4 Å². The molecule has 3 N–H and O–H groups in total. The summed E-state index contributed by atoms with van der Waals surface area (Å²) in [5.41, 5.74) is 4.95. The van der Waals surface area contributed by atoms with Crippen molar-refractivity contribution in [3.05, 3.63) is 23.8 Å². The van der Waals surface area contributed by atoms with E-state index in [1.807, 2.05) is 4.90 Å². The van der Waals surface area contributed by atoms with Crippen molar-refractivity contribution in [2.45, 2.75) is 6.18 Å². The topological polar surface area (TPSA) is 41.3 Å². The number of rotatable bonds is 1. The minimum absolute atomic E-state index is 0. The number of hydrogen-bond donors (Lipinski definition) is 2. The van der Waals surface area contributed by atoms with E-state index in [4.69, 9.17) is 5.73 Å². The quantitative estimate of drug-likeness (QED) is 0.775. The minimum atomic E-state index is -4.39. The molecule has 0 atom stereocenters. The van der Waals surface area contributed by atoms with Crippen LogP contribution in [0.25, 0.3) is 0 Å². The molecule has 1 aliphatic heterocycles. The molecule has 0 radical (unpaired) electrons. The molecule has 0 aliphatic carbocycles. The summed E-state index contributed by atoms with van der Waals surface area (Å²) in [6, 6.07) is 4.08. The van der Waals surface area contributed by atoms with Gasteiger partial charge in [-0.1, -0.05) is 0 Å². The number of nitrogens with two attached hydrogens (primary N) is 1. The molecule has 3 nitrogen and oxygen atoms in total. The summed E-state index contributed by atoms with van der Waals surface area (Å²) in [6.07, 6.45) is -4.39. The van der Waals surface area contributed by atoms with Gasteiger partial charge in [0.2, 0.25) is 0 Å². The normalized spacial score (nSPS) is 16.3. The van der Waals surface area contributed by atoms with Gasteiger partial charge in [-0.2, -0.15) is 13.2 Å². The van der Waals surface area contributed by atoms with Gasteiger partial charge < -0.3 is 16.0 Å². The van der Waals surface area contributed by atoms with Gasteiger partial charge in [0.15, 0.2) is 0 Å². The Balaban J connectivity index is 0.00000162. The highest BCUT2D eigenvalue weighted by Gasteiger charge is 2.33. The van der Waals surface area contributed by atoms with Gasteiger partial charge in [-0.15, -0.1) is 12.4 Å². The molecule has 0 unspecified atom stereocenters. The monoisotopic (exact) mass is 281 g/mol. The first-order chi connectivity index (χ1) is 7.98. The predicted molar refractivity (Wildman–Crippen MR) is 68.2 cm³/mol. The number of piperazine rings is 1. The largest absolute Gasteiger partial charge is 0.418 e. The van der Waals surface area contributed by atoms with E-state index in [0.29, 0.717) is 18.8 Å². The fraction of sp³-hybridized carbons (Fsp3) is 0.455.